The van der Waals surface area contributed by atoms with E-state index in [1.807, 2.05) is 30.3 Å². The third kappa shape index (κ3) is 3.13. The maximum atomic E-state index is 5.75. The van der Waals surface area contributed by atoms with Gasteiger partial charge in [0.25, 0.3) is 0 Å². The Balaban J connectivity index is 2.38. The van der Waals surface area contributed by atoms with E-state index >= 15 is 0 Å². The van der Waals surface area contributed by atoms with Crippen LogP contribution < -0.4 is 14.2 Å². The van der Waals surface area contributed by atoms with Crippen molar-refractivity contribution in [3.8, 4) is 17.2 Å². The first-order chi connectivity index (χ1) is 9.30. The number of ether oxygens (including phenoxy) is 3. The predicted octanol–water partition coefficient (Wildman–Crippen LogP) is 4.02. The fourth-order valence-electron chi connectivity index (χ4n) is 1.95. The Bertz CT molecular complexity index is 554. The molecule has 0 radical (unpaired) electrons. The van der Waals surface area contributed by atoms with E-state index in [1.54, 1.807) is 14.2 Å². The van der Waals surface area contributed by atoms with Crippen LogP contribution >= 0.6 is 15.9 Å². The number of rotatable bonds is 6. The van der Waals surface area contributed by atoms with E-state index in [2.05, 4.69) is 15.9 Å². The molecule has 0 unspecified atom stereocenters. The van der Waals surface area contributed by atoms with E-state index < -0.39 is 0 Å². The molecule has 3 nitrogen and oxygen atoms in total. The average molecular weight is 325 g/mol. The summed E-state index contributed by atoms with van der Waals surface area (Å²) < 4.78 is 16.5. The van der Waals surface area contributed by atoms with E-state index in [0.717, 1.165) is 39.8 Å². The van der Waals surface area contributed by atoms with E-state index in [1.165, 1.54) is 0 Å². The molecular formula is C15H17BrO3. The van der Waals surface area contributed by atoms with Gasteiger partial charge < -0.3 is 14.2 Å². The highest BCUT2D eigenvalue weighted by atomic mass is 79.9. The summed E-state index contributed by atoms with van der Waals surface area (Å²) in [5.41, 5.74) is 0. The van der Waals surface area contributed by atoms with Gasteiger partial charge in [-0.3, -0.25) is 0 Å². The van der Waals surface area contributed by atoms with Crippen LogP contribution in [0.15, 0.2) is 30.3 Å². The highest BCUT2D eigenvalue weighted by Gasteiger charge is 2.10. The zero-order valence-electron chi connectivity index (χ0n) is 11.1. The molecule has 4 heteroatoms. The summed E-state index contributed by atoms with van der Waals surface area (Å²) in [7, 11) is 3.33. The van der Waals surface area contributed by atoms with E-state index in [-0.39, 0.29) is 0 Å². The van der Waals surface area contributed by atoms with Crippen LogP contribution in [0.3, 0.4) is 0 Å². The number of halogens is 1. The Labute approximate surface area is 121 Å². The highest BCUT2D eigenvalue weighted by molar-refractivity contribution is 9.09. The van der Waals surface area contributed by atoms with Crippen molar-refractivity contribution in [1.82, 2.24) is 0 Å². The summed E-state index contributed by atoms with van der Waals surface area (Å²) in [5.74, 6) is 2.39. The largest absolute Gasteiger partial charge is 0.497 e. The lowest BCUT2D eigenvalue weighted by Crippen LogP contribution is -2.00. The van der Waals surface area contributed by atoms with Crippen molar-refractivity contribution >= 4 is 26.7 Å². The number of hydrogen-bond acceptors (Lipinski definition) is 3. The number of hydrogen-bond donors (Lipinski definition) is 0. The summed E-state index contributed by atoms with van der Waals surface area (Å²) in [5, 5.41) is 3.03. The molecule has 0 bridgehead atoms. The van der Waals surface area contributed by atoms with Gasteiger partial charge in [-0.15, -0.1) is 0 Å². The predicted molar refractivity (Wildman–Crippen MR) is 81.0 cm³/mol. The minimum atomic E-state index is 0.670. The van der Waals surface area contributed by atoms with Gasteiger partial charge in [-0.05, 0) is 36.1 Å². The molecule has 0 aromatic heterocycles. The summed E-state index contributed by atoms with van der Waals surface area (Å²) in [4.78, 5) is 0. The zero-order valence-corrected chi connectivity index (χ0v) is 12.7. The molecule has 2 aromatic rings. The van der Waals surface area contributed by atoms with Crippen molar-refractivity contribution in [3.05, 3.63) is 30.3 Å². The van der Waals surface area contributed by atoms with Crippen molar-refractivity contribution in [2.75, 3.05) is 26.2 Å². The topological polar surface area (TPSA) is 27.7 Å². The number of alkyl halides is 1. The van der Waals surface area contributed by atoms with Gasteiger partial charge >= 0.3 is 0 Å². The summed E-state index contributed by atoms with van der Waals surface area (Å²) in [6.45, 7) is 0.670. The summed E-state index contributed by atoms with van der Waals surface area (Å²) >= 11 is 3.39. The molecule has 0 amide bonds. The average Bonchev–Trinajstić information content (AvgIpc) is 2.46. The molecule has 0 spiro atoms. The van der Waals surface area contributed by atoms with Gasteiger partial charge in [0.05, 0.1) is 20.8 Å². The fraction of sp³-hybridized carbons (Fsp3) is 0.333. The fourth-order valence-corrected chi connectivity index (χ4v) is 2.18. The smallest absolute Gasteiger partial charge is 0.168 e. The van der Waals surface area contributed by atoms with Gasteiger partial charge in [0, 0.05) is 10.7 Å². The molecule has 0 aliphatic heterocycles. The first kappa shape index (κ1) is 14.0. The van der Waals surface area contributed by atoms with Crippen molar-refractivity contribution in [3.63, 3.8) is 0 Å². The maximum Gasteiger partial charge on any atom is 0.168 e. The van der Waals surface area contributed by atoms with Crippen LogP contribution in [-0.4, -0.2) is 26.2 Å². The molecule has 0 aliphatic carbocycles. The highest BCUT2D eigenvalue weighted by Crippen LogP contribution is 2.36. The number of benzene rings is 2. The Kier molecular flexibility index (Phi) is 4.91. The number of fused-ring (bicyclic) bond motifs is 1. The monoisotopic (exact) mass is 324 g/mol. The van der Waals surface area contributed by atoms with Crippen LogP contribution in [0.4, 0.5) is 0 Å². The molecule has 19 heavy (non-hydrogen) atoms. The summed E-state index contributed by atoms with van der Waals surface area (Å²) in [6.07, 6.45) is 0.962. The van der Waals surface area contributed by atoms with Gasteiger partial charge in [-0.2, -0.15) is 0 Å². The third-order valence-corrected chi connectivity index (χ3v) is 3.44. The number of methoxy groups -OCH3 is 2. The molecule has 0 saturated heterocycles. The minimum absolute atomic E-state index is 0.670. The van der Waals surface area contributed by atoms with Gasteiger partial charge in [-0.25, -0.2) is 0 Å². The minimum Gasteiger partial charge on any atom is -0.497 e. The second kappa shape index (κ2) is 6.66. The van der Waals surface area contributed by atoms with Crippen LogP contribution in [0.5, 0.6) is 17.2 Å². The summed E-state index contributed by atoms with van der Waals surface area (Å²) in [6, 6.07) is 9.86. The second-order valence-corrected chi connectivity index (χ2v) is 4.87. The van der Waals surface area contributed by atoms with Gasteiger partial charge in [0.1, 0.15) is 5.75 Å². The molecule has 0 aliphatic rings. The van der Waals surface area contributed by atoms with Crippen LogP contribution in [-0.2, 0) is 0 Å². The van der Waals surface area contributed by atoms with E-state index in [9.17, 15) is 0 Å². The Morgan fingerprint density at radius 3 is 2.58 bits per heavy atom. The molecule has 0 saturated carbocycles. The van der Waals surface area contributed by atoms with Crippen LogP contribution in [0, 0.1) is 0 Å². The molecular weight excluding hydrogens is 308 g/mol. The molecule has 102 valence electrons. The lowest BCUT2D eigenvalue weighted by atomic mass is 10.1. The lowest BCUT2D eigenvalue weighted by Gasteiger charge is -2.13. The van der Waals surface area contributed by atoms with Crippen molar-refractivity contribution < 1.29 is 14.2 Å². The van der Waals surface area contributed by atoms with Crippen molar-refractivity contribution in [2.45, 2.75) is 6.42 Å². The normalized spacial score (nSPS) is 10.5. The Hall–Kier alpha value is -1.42. The molecule has 2 rings (SSSR count). The maximum absolute atomic E-state index is 5.75. The lowest BCUT2D eigenvalue weighted by molar-refractivity contribution is 0.297. The standard InChI is InChI=1S/C15H17BrO3/c1-17-12-5-6-13-11(10-12)4-7-14(15(13)18-2)19-9-3-8-16/h4-7,10H,3,8-9H2,1-2H3. The Morgan fingerprint density at radius 2 is 1.89 bits per heavy atom. The molecule has 0 N–H and O–H groups in total. The van der Waals surface area contributed by atoms with Gasteiger partial charge in [0.15, 0.2) is 11.5 Å². The first-order valence-electron chi connectivity index (χ1n) is 6.13. The van der Waals surface area contributed by atoms with E-state index in [0.29, 0.717) is 6.61 Å². The van der Waals surface area contributed by atoms with Crippen molar-refractivity contribution in [1.29, 1.82) is 0 Å². The molecule has 0 heterocycles. The van der Waals surface area contributed by atoms with Crippen LogP contribution in [0.25, 0.3) is 10.8 Å². The first-order valence-corrected chi connectivity index (χ1v) is 7.25. The third-order valence-electron chi connectivity index (χ3n) is 2.88. The molecule has 0 fully saturated rings. The quantitative estimate of drug-likeness (QED) is 0.593. The van der Waals surface area contributed by atoms with Crippen LogP contribution in [0.2, 0.25) is 0 Å². The molecule has 0 atom stereocenters. The van der Waals surface area contributed by atoms with Gasteiger partial charge in [-0.1, -0.05) is 22.0 Å². The zero-order chi connectivity index (χ0) is 13.7. The van der Waals surface area contributed by atoms with Crippen molar-refractivity contribution in [2.24, 2.45) is 0 Å². The molecule has 2 aromatic carbocycles. The van der Waals surface area contributed by atoms with Crippen LogP contribution in [0.1, 0.15) is 6.42 Å². The second-order valence-electron chi connectivity index (χ2n) is 4.08. The SMILES string of the molecule is COc1ccc2c(OC)c(OCCCBr)ccc2c1. The van der Waals surface area contributed by atoms with Gasteiger partial charge in [0.2, 0.25) is 0 Å². The van der Waals surface area contributed by atoms with E-state index in [4.69, 9.17) is 14.2 Å². The Morgan fingerprint density at radius 1 is 1.05 bits per heavy atom.